The molecule has 2 amide bonds. The van der Waals surface area contributed by atoms with Crippen LogP contribution in [0.3, 0.4) is 0 Å². The second kappa shape index (κ2) is 7.96. The molecule has 0 spiro atoms. The lowest BCUT2D eigenvalue weighted by atomic mass is 9.92. The number of rotatable bonds is 4. The molecule has 7 heteroatoms. The summed E-state index contributed by atoms with van der Waals surface area (Å²) in [6.45, 7) is 0. The molecule has 1 aromatic carbocycles. The Morgan fingerprint density at radius 2 is 1.80 bits per heavy atom. The van der Waals surface area contributed by atoms with Gasteiger partial charge in [-0.05, 0) is 49.3 Å². The van der Waals surface area contributed by atoms with Gasteiger partial charge in [-0.1, -0.05) is 36.6 Å². The van der Waals surface area contributed by atoms with E-state index in [-0.39, 0.29) is 29.6 Å². The van der Waals surface area contributed by atoms with E-state index in [4.69, 9.17) is 11.6 Å². The van der Waals surface area contributed by atoms with Crippen molar-refractivity contribution in [2.45, 2.75) is 50.6 Å². The zero-order valence-corrected chi connectivity index (χ0v) is 15.8. The molecule has 0 radical (unpaired) electrons. The Kier molecular flexibility index (Phi) is 5.89. The van der Waals surface area contributed by atoms with Gasteiger partial charge in [0.1, 0.15) is 9.84 Å². The van der Waals surface area contributed by atoms with Crippen LogP contribution in [-0.2, 0) is 9.84 Å². The van der Waals surface area contributed by atoms with Crippen molar-refractivity contribution in [1.29, 1.82) is 0 Å². The minimum absolute atomic E-state index is 0.0616. The van der Waals surface area contributed by atoms with Crippen molar-refractivity contribution in [2.75, 3.05) is 11.5 Å². The number of amides is 2. The summed E-state index contributed by atoms with van der Waals surface area (Å²) in [7, 11) is -2.92. The molecule has 2 N–H and O–H groups in total. The monoisotopic (exact) mass is 384 g/mol. The van der Waals surface area contributed by atoms with Crippen LogP contribution in [0.25, 0.3) is 0 Å². The molecule has 138 valence electrons. The van der Waals surface area contributed by atoms with Gasteiger partial charge in [-0.15, -0.1) is 0 Å². The van der Waals surface area contributed by atoms with Crippen molar-refractivity contribution in [3.63, 3.8) is 0 Å². The van der Waals surface area contributed by atoms with Crippen LogP contribution in [0.4, 0.5) is 4.79 Å². The zero-order valence-electron chi connectivity index (χ0n) is 14.2. The molecular formula is C18H25ClN2O3S. The van der Waals surface area contributed by atoms with Crippen LogP contribution in [0.5, 0.6) is 0 Å². The summed E-state index contributed by atoms with van der Waals surface area (Å²) < 4.78 is 23.0. The number of sulfone groups is 1. The number of carbonyl (C=O) groups is 1. The van der Waals surface area contributed by atoms with Crippen molar-refractivity contribution >= 4 is 27.5 Å². The molecule has 0 bridgehead atoms. The minimum Gasteiger partial charge on any atom is -0.335 e. The number of benzene rings is 1. The van der Waals surface area contributed by atoms with E-state index in [0.29, 0.717) is 23.8 Å². The third kappa shape index (κ3) is 5.11. The Morgan fingerprint density at radius 3 is 2.44 bits per heavy atom. The van der Waals surface area contributed by atoms with Gasteiger partial charge in [0.25, 0.3) is 0 Å². The maximum absolute atomic E-state index is 12.5. The summed E-state index contributed by atoms with van der Waals surface area (Å²) in [6, 6.07) is 7.30. The van der Waals surface area contributed by atoms with Crippen molar-refractivity contribution in [1.82, 2.24) is 10.6 Å². The molecule has 1 saturated carbocycles. The molecule has 5 nitrogen and oxygen atoms in total. The number of carbonyl (C=O) groups excluding carboxylic acids is 1. The zero-order chi connectivity index (χ0) is 17.9. The lowest BCUT2D eigenvalue weighted by Gasteiger charge is -2.28. The highest BCUT2D eigenvalue weighted by Crippen LogP contribution is 2.36. The molecule has 1 unspecified atom stereocenters. The van der Waals surface area contributed by atoms with Crippen molar-refractivity contribution in [3.8, 4) is 0 Å². The Hall–Kier alpha value is -1.27. The SMILES string of the molecule is O=C(NC1CCS(=O)(=O)CC1)NC(c1cccc(Cl)c1)C1CCCC1. The molecule has 2 aliphatic rings. The maximum atomic E-state index is 12.5. The van der Waals surface area contributed by atoms with E-state index >= 15 is 0 Å². The van der Waals surface area contributed by atoms with E-state index < -0.39 is 9.84 Å². The Balaban J connectivity index is 1.64. The molecular weight excluding hydrogens is 360 g/mol. The second-order valence-electron chi connectivity index (χ2n) is 7.12. The predicted octanol–water partition coefficient (Wildman–Crippen LogP) is 3.45. The van der Waals surface area contributed by atoms with Gasteiger partial charge >= 0.3 is 6.03 Å². The summed E-state index contributed by atoms with van der Waals surface area (Å²) in [4.78, 5) is 12.5. The number of halogens is 1. The third-order valence-electron chi connectivity index (χ3n) is 5.26. The van der Waals surface area contributed by atoms with Gasteiger partial charge in [0.15, 0.2) is 0 Å². The fourth-order valence-electron chi connectivity index (χ4n) is 3.87. The van der Waals surface area contributed by atoms with Crippen molar-refractivity contribution < 1.29 is 13.2 Å². The average molecular weight is 385 g/mol. The van der Waals surface area contributed by atoms with E-state index in [1.165, 1.54) is 12.8 Å². The van der Waals surface area contributed by atoms with Crippen LogP contribution in [0.2, 0.25) is 5.02 Å². The van der Waals surface area contributed by atoms with Gasteiger partial charge in [0.05, 0.1) is 17.5 Å². The number of urea groups is 1. The largest absolute Gasteiger partial charge is 0.335 e. The van der Waals surface area contributed by atoms with Gasteiger partial charge in [-0.25, -0.2) is 13.2 Å². The first-order valence-electron chi connectivity index (χ1n) is 8.96. The van der Waals surface area contributed by atoms with Crippen LogP contribution < -0.4 is 10.6 Å². The van der Waals surface area contributed by atoms with Gasteiger partial charge in [0, 0.05) is 11.1 Å². The first-order chi connectivity index (χ1) is 11.9. The quantitative estimate of drug-likeness (QED) is 0.834. The molecule has 1 atom stereocenters. The standard InChI is InChI=1S/C18H25ClN2O3S/c19-15-7-3-6-14(12-15)17(13-4-1-2-5-13)21-18(22)20-16-8-10-25(23,24)11-9-16/h3,6-7,12-13,16-17H,1-2,4-5,8-11H2,(H2,20,21,22). The molecule has 1 aliphatic carbocycles. The maximum Gasteiger partial charge on any atom is 0.315 e. The molecule has 1 heterocycles. The smallest absolute Gasteiger partial charge is 0.315 e. The van der Waals surface area contributed by atoms with E-state index in [2.05, 4.69) is 10.6 Å². The van der Waals surface area contributed by atoms with Crippen LogP contribution in [0.1, 0.15) is 50.1 Å². The van der Waals surface area contributed by atoms with Crippen LogP contribution in [-0.4, -0.2) is 32.0 Å². The van der Waals surface area contributed by atoms with Gasteiger partial charge in [-0.3, -0.25) is 0 Å². The van der Waals surface area contributed by atoms with E-state index in [1.807, 2.05) is 24.3 Å². The molecule has 1 aliphatic heterocycles. The Morgan fingerprint density at radius 1 is 1.12 bits per heavy atom. The highest BCUT2D eigenvalue weighted by Gasteiger charge is 2.29. The van der Waals surface area contributed by atoms with Crippen molar-refractivity contribution in [3.05, 3.63) is 34.9 Å². The fourth-order valence-corrected chi connectivity index (χ4v) is 5.56. The number of nitrogens with one attached hydrogen (secondary N) is 2. The molecule has 25 heavy (non-hydrogen) atoms. The van der Waals surface area contributed by atoms with Crippen LogP contribution in [0, 0.1) is 5.92 Å². The average Bonchev–Trinajstić information content (AvgIpc) is 3.09. The first-order valence-corrected chi connectivity index (χ1v) is 11.2. The lowest BCUT2D eigenvalue weighted by molar-refractivity contribution is 0.226. The topological polar surface area (TPSA) is 75.3 Å². The van der Waals surface area contributed by atoms with E-state index in [9.17, 15) is 13.2 Å². The molecule has 1 saturated heterocycles. The first kappa shape index (κ1) is 18.5. The fraction of sp³-hybridized carbons (Fsp3) is 0.611. The van der Waals surface area contributed by atoms with Gasteiger partial charge in [-0.2, -0.15) is 0 Å². The Labute approximate surface area is 154 Å². The summed E-state index contributed by atoms with van der Waals surface area (Å²) >= 11 is 6.13. The third-order valence-corrected chi connectivity index (χ3v) is 7.21. The normalized spacial score (nSPS) is 22.4. The molecule has 3 rings (SSSR count). The Bertz CT molecular complexity index is 703. The number of hydrogen-bond acceptors (Lipinski definition) is 3. The lowest BCUT2D eigenvalue weighted by Crippen LogP contribution is -2.47. The summed E-state index contributed by atoms with van der Waals surface area (Å²) in [6.07, 6.45) is 5.54. The summed E-state index contributed by atoms with van der Waals surface area (Å²) in [5, 5.41) is 6.73. The highest BCUT2D eigenvalue weighted by atomic mass is 35.5. The van der Waals surface area contributed by atoms with Crippen molar-refractivity contribution in [2.24, 2.45) is 5.92 Å². The van der Waals surface area contributed by atoms with Crippen LogP contribution in [0.15, 0.2) is 24.3 Å². The van der Waals surface area contributed by atoms with Gasteiger partial charge < -0.3 is 10.6 Å². The minimum atomic E-state index is -2.92. The summed E-state index contributed by atoms with van der Waals surface area (Å²) in [5.74, 6) is 0.715. The summed E-state index contributed by atoms with van der Waals surface area (Å²) in [5.41, 5.74) is 1.03. The van der Waals surface area contributed by atoms with Crippen LogP contribution >= 0.6 is 11.6 Å². The predicted molar refractivity (Wildman–Crippen MR) is 99.5 cm³/mol. The number of hydrogen-bond donors (Lipinski definition) is 2. The highest BCUT2D eigenvalue weighted by molar-refractivity contribution is 7.91. The molecule has 0 aromatic heterocycles. The van der Waals surface area contributed by atoms with E-state index in [0.717, 1.165) is 18.4 Å². The van der Waals surface area contributed by atoms with Gasteiger partial charge in [0.2, 0.25) is 0 Å². The second-order valence-corrected chi connectivity index (χ2v) is 9.86. The molecule has 2 fully saturated rings. The molecule has 1 aromatic rings. The van der Waals surface area contributed by atoms with E-state index in [1.54, 1.807) is 0 Å².